The first kappa shape index (κ1) is 11.1. The minimum atomic E-state index is 0.409. The maximum atomic E-state index is 5.76. The van der Waals surface area contributed by atoms with E-state index in [-0.39, 0.29) is 0 Å². The molecule has 2 aromatic rings. The molecule has 0 N–H and O–H groups in total. The van der Waals surface area contributed by atoms with Crippen molar-refractivity contribution in [1.29, 1.82) is 0 Å². The normalized spacial score (nSPS) is 12.6. The summed E-state index contributed by atoms with van der Waals surface area (Å²) < 4.78 is 1.84. The van der Waals surface area contributed by atoms with Crippen LogP contribution in [0.2, 0.25) is 0 Å². The van der Waals surface area contributed by atoms with Gasteiger partial charge in [-0.05, 0) is 5.92 Å². The van der Waals surface area contributed by atoms with Crippen LogP contribution < -0.4 is 0 Å². The third-order valence-corrected chi connectivity index (χ3v) is 2.90. The van der Waals surface area contributed by atoms with Crippen molar-refractivity contribution in [2.24, 2.45) is 5.92 Å². The summed E-state index contributed by atoms with van der Waals surface area (Å²) in [4.78, 5) is 0. The summed E-state index contributed by atoms with van der Waals surface area (Å²) >= 11 is 5.76. The van der Waals surface area contributed by atoms with Crippen LogP contribution in [0.3, 0.4) is 0 Å². The molecule has 0 aliphatic heterocycles. The maximum absolute atomic E-state index is 5.76. The van der Waals surface area contributed by atoms with E-state index < -0.39 is 0 Å². The topological polar surface area (TPSA) is 30.7 Å². The zero-order chi connectivity index (χ0) is 11.4. The van der Waals surface area contributed by atoms with Crippen LogP contribution in [-0.2, 0) is 6.54 Å². The van der Waals surface area contributed by atoms with Gasteiger partial charge in [0, 0.05) is 18.0 Å². The number of hydrogen-bond acceptors (Lipinski definition) is 2. The maximum Gasteiger partial charge on any atom is 0.113 e. The van der Waals surface area contributed by atoms with Crippen molar-refractivity contribution in [3.05, 3.63) is 36.5 Å². The SMILES string of the molecule is C[C@H](CCl)Cn1cc(-c2ccccc2)nn1. The highest BCUT2D eigenvalue weighted by molar-refractivity contribution is 6.18. The fourth-order valence-electron chi connectivity index (χ4n) is 1.50. The molecule has 84 valence electrons. The molecule has 1 aromatic heterocycles. The molecule has 2 rings (SSSR count). The average Bonchev–Trinajstić information content (AvgIpc) is 2.78. The second-order valence-electron chi connectivity index (χ2n) is 3.95. The van der Waals surface area contributed by atoms with E-state index in [0.717, 1.165) is 17.8 Å². The van der Waals surface area contributed by atoms with E-state index in [1.807, 2.05) is 41.2 Å². The van der Waals surface area contributed by atoms with Crippen LogP contribution >= 0.6 is 11.6 Å². The molecule has 0 unspecified atom stereocenters. The van der Waals surface area contributed by atoms with Crippen LogP contribution in [0, 0.1) is 5.92 Å². The Balaban J connectivity index is 2.14. The van der Waals surface area contributed by atoms with E-state index in [1.54, 1.807) is 0 Å². The lowest BCUT2D eigenvalue weighted by molar-refractivity contribution is 0.476. The van der Waals surface area contributed by atoms with Gasteiger partial charge in [0.05, 0.1) is 6.20 Å². The summed E-state index contributed by atoms with van der Waals surface area (Å²) in [5.41, 5.74) is 2.00. The zero-order valence-electron chi connectivity index (χ0n) is 9.18. The molecule has 4 heteroatoms. The van der Waals surface area contributed by atoms with E-state index >= 15 is 0 Å². The van der Waals surface area contributed by atoms with E-state index in [9.17, 15) is 0 Å². The first-order chi connectivity index (χ1) is 7.79. The van der Waals surface area contributed by atoms with Gasteiger partial charge in [-0.15, -0.1) is 16.7 Å². The highest BCUT2D eigenvalue weighted by Crippen LogP contribution is 2.15. The van der Waals surface area contributed by atoms with Crippen molar-refractivity contribution in [2.75, 3.05) is 5.88 Å². The Morgan fingerprint density at radius 2 is 2.06 bits per heavy atom. The number of rotatable bonds is 4. The van der Waals surface area contributed by atoms with Gasteiger partial charge in [-0.3, -0.25) is 4.68 Å². The van der Waals surface area contributed by atoms with Crippen LogP contribution in [0.25, 0.3) is 11.3 Å². The third kappa shape index (κ3) is 2.61. The fourth-order valence-corrected chi connectivity index (χ4v) is 1.59. The first-order valence-electron chi connectivity index (χ1n) is 5.31. The summed E-state index contributed by atoms with van der Waals surface area (Å²) in [6.45, 7) is 2.90. The molecule has 0 amide bonds. The van der Waals surface area contributed by atoms with Crippen molar-refractivity contribution < 1.29 is 0 Å². The largest absolute Gasteiger partial charge is 0.252 e. The lowest BCUT2D eigenvalue weighted by Crippen LogP contribution is -2.09. The van der Waals surface area contributed by atoms with Gasteiger partial charge >= 0.3 is 0 Å². The van der Waals surface area contributed by atoms with Crippen molar-refractivity contribution in [2.45, 2.75) is 13.5 Å². The predicted molar refractivity (Wildman–Crippen MR) is 65.3 cm³/mol. The number of halogens is 1. The lowest BCUT2D eigenvalue weighted by atomic mass is 10.2. The molecule has 0 saturated carbocycles. The smallest absolute Gasteiger partial charge is 0.113 e. The molecule has 0 saturated heterocycles. The predicted octanol–water partition coefficient (Wildman–Crippen LogP) is 2.82. The number of nitrogens with zero attached hydrogens (tertiary/aromatic N) is 3. The molecule has 1 aromatic carbocycles. The lowest BCUT2D eigenvalue weighted by Gasteiger charge is -2.05. The van der Waals surface area contributed by atoms with Crippen molar-refractivity contribution >= 4 is 11.6 Å². The highest BCUT2D eigenvalue weighted by Gasteiger charge is 2.06. The van der Waals surface area contributed by atoms with E-state index in [1.165, 1.54) is 0 Å². The van der Waals surface area contributed by atoms with E-state index in [2.05, 4.69) is 17.2 Å². The molecule has 1 atom stereocenters. The second kappa shape index (κ2) is 5.12. The summed E-state index contributed by atoms with van der Waals surface area (Å²) in [6, 6.07) is 10.0. The zero-order valence-corrected chi connectivity index (χ0v) is 9.93. The third-order valence-electron chi connectivity index (χ3n) is 2.37. The number of hydrogen-bond donors (Lipinski definition) is 0. The molecular weight excluding hydrogens is 222 g/mol. The minimum Gasteiger partial charge on any atom is -0.252 e. The van der Waals surface area contributed by atoms with Gasteiger partial charge in [0.2, 0.25) is 0 Å². The summed E-state index contributed by atoms with van der Waals surface area (Å²) in [6.07, 6.45) is 1.96. The van der Waals surface area contributed by atoms with Crippen LogP contribution in [0.5, 0.6) is 0 Å². The Kier molecular flexibility index (Phi) is 3.57. The Morgan fingerprint density at radius 3 is 2.75 bits per heavy atom. The van der Waals surface area contributed by atoms with Crippen molar-refractivity contribution in [1.82, 2.24) is 15.0 Å². The fraction of sp³-hybridized carbons (Fsp3) is 0.333. The Bertz CT molecular complexity index is 439. The first-order valence-corrected chi connectivity index (χ1v) is 5.84. The van der Waals surface area contributed by atoms with Crippen LogP contribution in [0.1, 0.15) is 6.92 Å². The molecule has 3 nitrogen and oxygen atoms in total. The molecule has 0 spiro atoms. The van der Waals surface area contributed by atoms with Crippen LogP contribution in [0.15, 0.2) is 36.5 Å². The van der Waals surface area contributed by atoms with Crippen molar-refractivity contribution in [3.63, 3.8) is 0 Å². The quantitative estimate of drug-likeness (QED) is 0.763. The van der Waals surface area contributed by atoms with E-state index in [0.29, 0.717) is 11.8 Å². The van der Waals surface area contributed by atoms with Gasteiger partial charge in [-0.2, -0.15) is 0 Å². The Morgan fingerprint density at radius 1 is 1.31 bits per heavy atom. The standard InChI is InChI=1S/C12H14ClN3/c1-10(7-13)8-16-9-12(14-15-16)11-5-3-2-4-6-11/h2-6,9-10H,7-8H2,1H3/t10-/m1/s1. The van der Waals surface area contributed by atoms with Crippen LogP contribution in [0.4, 0.5) is 0 Å². The molecule has 1 heterocycles. The molecule has 0 bridgehead atoms. The molecule has 0 aliphatic carbocycles. The van der Waals surface area contributed by atoms with Gasteiger partial charge in [0.15, 0.2) is 0 Å². The van der Waals surface area contributed by atoms with Gasteiger partial charge in [0.25, 0.3) is 0 Å². The molecule has 0 aliphatic rings. The molecule has 0 fully saturated rings. The van der Waals surface area contributed by atoms with Gasteiger partial charge in [-0.25, -0.2) is 0 Å². The van der Waals surface area contributed by atoms with Crippen molar-refractivity contribution in [3.8, 4) is 11.3 Å². The molecule has 0 radical (unpaired) electrons. The van der Waals surface area contributed by atoms with Gasteiger partial charge < -0.3 is 0 Å². The number of benzene rings is 1. The summed E-state index contributed by atoms with van der Waals surface area (Å²) in [5, 5.41) is 8.23. The van der Waals surface area contributed by atoms with E-state index in [4.69, 9.17) is 11.6 Å². The van der Waals surface area contributed by atoms with Gasteiger partial charge in [-0.1, -0.05) is 42.5 Å². The summed E-state index contributed by atoms with van der Waals surface area (Å²) in [5.74, 6) is 1.05. The molecule has 16 heavy (non-hydrogen) atoms. The number of alkyl halides is 1. The monoisotopic (exact) mass is 235 g/mol. The Hall–Kier alpha value is -1.35. The summed E-state index contributed by atoms with van der Waals surface area (Å²) in [7, 11) is 0. The van der Waals surface area contributed by atoms with Gasteiger partial charge in [0.1, 0.15) is 5.69 Å². The van der Waals surface area contributed by atoms with Crippen LogP contribution in [-0.4, -0.2) is 20.9 Å². The minimum absolute atomic E-state index is 0.409. The average molecular weight is 236 g/mol. The second-order valence-corrected chi connectivity index (χ2v) is 4.26. The molecular formula is C12H14ClN3. The highest BCUT2D eigenvalue weighted by atomic mass is 35.5. The number of aromatic nitrogens is 3. The Labute approximate surface area is 100 Å².